The fourth-order valence-corrected chi connectivity index (χ4v) is 4.57. The van der Waals surface area contributed by atoms with Gasteiger partial charge in [0.1, 0.15) is 23.4 Å². The topological polar surface area (TPSA) is 135 Å². The van der Waals surface area contributed by atoms with E-state index in [0.717, 1.165) is 11.1 Å². The molecule has 1 saturated carbocycles. The average Bonchev–Trinajstić information content (AvgIpc) is 3.44. The van der Waals surface area contributed by atoms with Crippen molar-refractivity contribution >= 4 is 29.2 Å². The van der Waals surface area contributed by atoms with Gasteiger partial charge in [-0.2, -0.15) is 5.10 Å². The number of aliphatic hydroxyl groups is 1. The molecule has 1 aliphatic heterocycles. The van der Waals surface area contributed by atoms with Crippen molar-refractivity contribution in [2.24, 2.45) is 16.8 Å². The van der Waals surface area contributed by atoms with Gasteiger partial charge in [0.05, 0.1) is 13.1 Å². The molecule has 196 valence electrons. The first kappa shape index (κ1) is 26.8. The van der Waals surface area contributed by atoms with Gasteiger partial charge < -0.3 is 10.0 Å². The van der Waals surface area contributed by atoms with Crippen molar-refractivity contribution in [3.05, 3.63) is 86.7 Å². The SMILES string of the molecule is CC(C1CC1)C(O)(Cn1cncn1)c1ccc(Cl)cc1.O=[N+]([O-])NC1=NCCN1Cc1ccc(Cl)nc1. The highest BCUT2D eigenvalue weighted by Gasteiger charge is 2.44. The summed E-state index contributed by atoms with van der Waals surface area (Å²) in [5.74, 6) is 1.04. The van der Waals surface area contributed by atoms with Crippen molar-refractivity contribution in [1.82, 2.24) is 30.1 Å². The number of aromatic nitrogens is 4. The van der Waals surface area contributed by atoms with Crippen LogP contribution in [0.1, 0.15) is 30.9 Å². The van der Waals surface area contributed by atoms with Gasteiger partial charge in [-0.3, -0.25) is 0 Å². The molecule has 1 aliphatic carbocycles. The Kier molecular flexibility index (Phi) is 8.57. The van der Waals surface area contributed by atoms with E-state index in [0.29, 0.717) is 42.3 Å². The van der Waals surface area contributed by atoms with Gasteiger partial charge in [-0.1, -0.05) is 53.8 Å². The number of benzene rings is 1. The molecule has 0 radical (unpaired) electrons. The van der Waals surface area contributed by atoms with E-state index in [1.807, 2.05) is 30.3 Å². The lowest BCUT2D eigenvalue weighted by Gasteiger charge is -2.35. The Morgan fingerprint density at radius 3 is 2.59 bits per heavy atom. The average molecular weight is 547 g/mol. The van der Waals surface area contributed by atoms with Gasteiger partial charge in [0, 0.05) is 24.3 Å². The molecule has 2 atom stereocenters. The van der Waals surface area contributed by atoms with Gasteiger partial charge in [0.25, 0.3) is 5.96 Å². The van der Waals surface area contributed by atoms with E-state index in [1.54, 1.807) is 28.2 Å². The molecule has 2 aromatic heterocycles. The zero-order valence-electron chi connectivity index (χ0n) is 20.2. The minimum Gasteiger partial charge on any atom is -0.383 e. The summed E-state index contributed by atoms with van der Waals surface area (Å²) >= 11 is 11.6. The van der Waals surface area contributed by atoms with Gasteiger partial charge in [-0.25, -0.2) is 29.8 Å². The van der Waals surface area contributed by atoms with Gasteiger partial charge in [0.2, 0.25) is 0 Å². The number of hydrogen-bond acceptors (Lipinski definition) is 8. The standard InChI is InChI=1S/C15H18ClN3O.C9H10ClN5O2/c1-11(12-2-3-12)15(20,8-19-10-17-9-18-19)13-4-6-14(16)7-5-13;10-8-2-1-7(5-12-8)6-14-4-3-11-9(14)13-15(16)17/h4-7,9-12,20H,2-3,8H2,1H3;1-2,5H,3-4,6H2,(H,11,13). The van der Waals surface area contributed by atoms with Crippen LogP contribution < -0.4 is 5.43 Å². The smallest absolute Gasteiger partial charge is 0.257 e. The summed E-state index contributed by atoms with van der Waals surface area (Å²) in [6.07, 6.45) is 7.15. The Bertz CT molecular complexity index is 1200. The monoisotopic (exact) mass is 546 g/mol. The molecule has 11 nitrogen and oxygen atoms in total. The maximum atomic E-state index is 11.3. The van der Waals surface area contributed by atoms with E-state index in [9.17, 15) is 15.2 Å². The van der Waals surface area contributed by atoms with E-state index in [4.69, 9.17) is 23.2 Å². The number of nitro groups is 1. The van der Waals surface area contributed by atoms with Gasteiger partial charge in [0.15, 0.2) is 5.03 Å². The van der Waals surface area contributed by atoms with Gasteiger partial charge >= 0.3 is 0 Å². The Balaban J connectivity index is 0.000000176. The summed E-state index contributed by atoms with van der Waals surface area (Å²) in [4.78, 5) is 24.1. The van der Waals surface area contributed by atoms with Crippen molar-refractivity contribution in [3.63, 3.8) is 0 Å². The van der Waals surface area contributed by atoms with Crippen LogP contribution in [-0.2, 0) is 18.7 Å². The molecule has 13 heteroatoms. The second-order valence-electron chi connectivity index (χ2n) is 9.14. The summed E-state index contributed by atoms with van der Waals surface area (Å²) in [5, 5.41) is 26.3. The quantitative estimate of drug-likeness (QED) is 0.248. The van der Waals surface area contributed by atoms with E-state index in [2.05, 4.69) is 32.4 Å². The number of nitrogens with zero attached hydrogens (tertiary/aromatic N) is 7. The number of rotatable bonds is 8. The molecular weight excluding hydrogens is 519 g/mol. The molecule has 0 bridgehead atoms. The zero-order valence-corrected chi connectivity index (χ0v) is 21.8. The molecule has 3 aromatic rings. The fourth-order valence-electron chi connectivity index (χ4n) is 4.33. The van der Waals surface area contributed by atoms with Crippen LogP contribution in [-0.4, -0.2) is 53.8 Å². The largest absolute Gasteiger partial charge is 0.383 e. The Morgan fingerprint density at radius 2 is 2.00 bits per heavy atom. The lowest BCUT2D eigenvalue weighted by Crippen LogP contribution is -2.40. The number of hydrazine groups is 1. The lowest BCUT2D eigenvalue weighted by atomic mass is 9.79. The minimum atomic E-state index is -0.945. The number of halogens is 2. The Labute approximate surface area is 224 Å². The second kappa shape index (κ2) is 11.8. The molecule has 1 aromatic carbocycles. The van der Waals surface area contributed by atoms with Crippen molar-refractivity contribution < 1.29 is 10.1 Å². The molecule has 0 spiro atoms. The Morgan fingerprint density at radius 1 is 1.24 bits per heavy atom. The first-order valence-corrected chi connectivity index (χ1v) is 12.6. The molecule has 5 rings (SSSR count). The highest BCUT2D eigenvalue weighted by Crippen LogP contribution is 2.46. The number of aliphatic imine (C=N–C) groups is 1. The van der Waals surface area contributed by atoms with Crippen LogP contribution in [0, 0.1) is 22.0 Å². The molecule has 0 amide bonds. The summed E-state index contributed by atoms with van der Waals surface area (Å²) in [5.41, 5.74) is 2.94. The van der Waals surface area contributed by atoms with Gasteiger partial charge in [-0.05, 0) is 54.0 Å². The van der Waals surface area contributed by atoms with Crippen LogP contribution in [0.2, 0.25) is 10.2 Å². The second-order valence-corrected chi connectivity index (χ2v) is 9.96. The van der Waals surface area contributed by atoms with Crippen molar-refractivity contribution in [1.29, 1.82) is 0 Å². The third kappa shape index (κ3) is 7.15. The first-order valence-electron chi connectivity index (χ1n) is 11.9. The van der Waals surface area contributed by atoms with E-state index in [-0.39, 0.29) is 11.9 Å². The highest BCUT2D eigenvalue weighted by atomic mass is 35.5. The molecular formula is C24H28Cl2N8O3. The number of nitrogens with one attached hydrogen (secondary N) is 1. The van der Waals surface area contributed by atoms with E-state index >= 15 is 0 Å². The number of hydrogen-bond donors (Lipinski definition) is 2. The van der Waals surface area contributed by atoms with Crippen molar-refractivity contribution in [3.8, 4) is 0 Å². The molecule has 3 heterocycles. The number of guanidine groups is 1. The van der Waals surface area contributed by atoms with E-state index < -0.39 is 10.6 Å². The molecule has 2 unspecified atom stereocenters. The minimum absolute atomic E-state index is 0.174. The van der Waals surface area contributed by atoms with Crippen LogP contribution >= 0.6 is 23.2 Å². The lowest BCUT2D eigenvalue weighted by molar-refractivity contribution is -0.526. The van der Waals surface area contributed by atoms with Crippen LogP contribution in [0.4, 0.5) is 0 Å². The summed E-state index contributed by atoms with van der Waals surface area (Å²) in [6.45, 7) is 4.25. The predicted octanol–water partition coefficient (Wildman–Crippen LogP) is 3.55. The third-order valence-electron chi connectivity index (χ3n) is 6.58. The predicted molar refractivity (Wildman–Crippen MR) is 139 cm³/mol. The molecule has 2 N–H and O–H groups in total. The van der Waals surface area contributed by atoms with E-state index in [1.165, 1.54) is 19.2 Å². The van der Waals surface area contributed by atoms with Crippen LogP contribution in [0.15, 0.2) is 60.2 Å². The molecule has 37 heavy (non-hydrogen) atoms. The van der Waals surface area contributed by atoms with Crippen LogP contribution in [0.3, 0.4) is 0 Å². The number of pyridine rings is 1. The maximum Gasteiger partial charge on any atom is 0.257 e. The fraction of sp³-hybridized carbons (Fsp3) is 0.417. The zero-order chi connectivity index (χ0) is 26.4. The summed E-state index contributed by atoms with van der Waals surface area (Å²) in [7, 11) is 0. The van der Waals surface area contributed by atoms with Crippen molar-refractivity contribution in [2.75, 3.05) is 13.1 Å². The summed E-state index contributed by atoms with van der Waals surface area (Å²) < 4.78 is 1.69. The normalized spacial score (nSPS) is 17.3. The van der Waals surface area contributed by atoms with Crippen molar-refractivity contribution in [2.45, 2.75) is 38.5 Å². The first-order chi connectivity index (χ1) is 17.7. The molecule has 2 aliphatic rings. The highest BCUT2D eigenvalue weighted by molar-refractivity contribution is 6.30. The molecule has 1 fully saturated rings. The molecule has 0 saturated heterocycles. The van der Waals surface area contributed by atoms with Crippen LogP contribution in [0.5, 0.6) is 0 Å². The Hall–Kier alpha value is -3.28. The summed E-state index contributed by atoms with van der Waals surface area (Å²) in [6, 6.07) is 11.0. The van der Waals surface area contributed by atoms with Crippen LogP contribution in [0.25, 0.3) is 0 Å². The maximum absolute atomic E-state index is 11.3. The van der Waals surface area contributed by atoms with Gasteiger partial charge in [-0.15, -0.1) is 0 Å². The third-order valence-corrected chi connectivity index (χ3v) is 7.06.